The van der Waals surface area contributed by atoms with E-state index in [1.165, 1.54) is 18.2 Å². The maximum Gasteiger partial charge on any atom is 0.256 e. The van der Waals surface area contributed by atoms with Crippen molar-refractivity contribution in [2.75, 3.05) is 13.1 Å². The van der Waals surface area contributed by atoms with E-state index in [2.05, 4.69) is 20.7 Å². The van der Waals surface area contributed by atoms with Gasteiger partial charge in [-0.25, -0.2) is 17.5 Å². The molecule has 0 aromatic heterocycles. The summed E-state index contributed by atoms with van der Waals surface area (Å²) in [7, 11) is -3.66. The van der Waals surface area contributed by atoms with Gasteiger partial charge in [0.15, 0.2) is 0 Å². The molecule has 1 aliphatic rings. The fraction of sp³-hybridized carbons (Fsp3) is 0.316. The number of carbonyl (C=O) groups excluding carboxylic acids is 1. The number of amides is 1. The SMILES string of the molecule is Cc1ccc(S(=O)(=O)NC2CCN(C(=O)c3ccccc3F)CC2)c(Br)c1. The van der Waals surface area contributed by atoms with Crippen LogP contribution in [0.3, 0.4) is 0 Å². The van der Waals surface area contributed by atoms with Crippen LogP contribution in [0.4, 0.5) is 4.39 Å². The largest absolute Gasteiger partial charge is 0.338 e. The molecule has 1 fully saturated rings. The minimum Gasteiger partial charge on any atom is -0.338 e. The number of rotatable bonds is 4. The zero-order valence-electron chi connectivity index (χ0n) is 14.8. The highest BCUT2D eigenvalue weighted by atomic mass is 79.9. The van der Waals surface area contributed by atoms with Gasteiger partial charge >= 0.3 is 0 Å². The number of halogens is 2. The van der Waals surface area contributed by atoms with E-state index in [0.29, 0.717) is 30.4 Å². The first-order valence-corrected chi connectivity index (χ1v) is 10.9. The van der Waals surface area contributed by atoms with Crippen LogP contribution in [-0.2, 0) is 10.0 Å². The van der Waals surface area contributed by atoms with Crippen molar-refractivity contribution >= 4 is 31.9 Å². The number of nitrogens with zero attached hydrogens (tertiary/aromatic N) is 1. The van der Waals surface area contributed by atoms with E-state index in [-0.39, 0.29) is 22.4 Å². The Labute approximate surface area is 166 Å². The molecule has 144 valence electrons. The minimum atomic E-state index is -3.66. The molecule has 0 bridgehead atoms. The van der Waals surface area contributed by atoms with Gasteiger partial charge in [0.25, 0.3) is 5.91 Å². The Morgan fingerprint density at radius 3 is 2.48 bits per heavy atom. The molecule has 1 saturated heterocycles. The van der Waals surface area contributed by atoms with E-state index >= 15 is 0 Å². The van der Waals surface area contributed by atoms with Gasteiger partial charge in [-0.1, -0.05) is 18.2 Å². The molecule has 0 aliphatic carbocycles. The van der Waals surface area contributed by atoms with Crippen LogP contribution in [0.2, 0.25) is 0 Å². The molecule has 0 spiro atoms. The maximum atomic E-state index is 13.8. The molecule has 8 heteroatoms. The van der Waals surface area contributed by atoms with Gasteiger partial charge in [-0.3, -0.25) is 4.79 Å². The number of likely N-dealkylation sites (tertiary alicyclic amines) is 1. The van der Waals surface area contributed by atoms with Crippen LogP contribution >= 0.6 is 15.9 Å². The molecule has 1 heterocycles. The van der Waals surface area contributed by atoms with Crippen molar-refractivity contribution in [1.29, 1.82) is 0 Å². The predicted molar refractivity (Wildman–Crippen MR) is 105 cm³/mol. The standard InChI is InChI=1S/C19H20BrFN2O3S/c1-13-6-7-18(16(20)12-13)27(25,26)22-14-8-10-23(11-9-14)19(24)15-4-2-3-5-17(15)21/h2-7,12,14,22H,8-11H2,1H3. The molecule has 27 heavy (non-hydrogen) atoms. The van der Waals surface area contributed by atoms with Crippen molar-refractivity contribution in [2.24, 2.45) is 0 Å². The van der Waals surface area contributed by atoms with Crippen LogP contribution in [0.15, 0.2) is 51.8 Å². The molecule has 1 amide bonds. The second-order valence-corrected chi connectivity index (χ2v) is 9.14. The monoisotopic (exact) mass is 454 g/mol. The summed E-state index contributed by atoms with van der Waals surface area (Å²) in [6.07, 6.45) is 0.950. The molecule has 0 radical (unpaired) electrons. The molecular formula is C19H20BrFN2O3S. The zero-order chi connectivity index (χ0) is 19.6. The van der Waals surface area contributed by atoms with Crippen LogP contribution in [0.1, 0.15) is 28.8 Å². The van der Waals surface area contributed by atoms with Gasteiger partial charge < -0.3 is 4.90 Å². The Kier molecular flexibility index (Phi) is 5.98. The number of hydrogen-bond donors (Lipinski definition) is 1. The normalized spacial score (nSPS) is 15.7. The lowest BCUT2D eigenvalue weighted by molar-refractivity contribution is 0.0706. The van der Waals surface area contributed by atoms with Crippen molar-refractivity contribution in [3.63, 3.8) is 0 Å². The highest BCUT2D eigenvalue weighted by Crippen LogP contribution is 2.24. The first-order valence-electron chi connectivity index (χ1n) is 8.60. The van der Waals surface area contributed by atoms with Gasteiger partial charge in [-0.15, -0.1) is 0 Å². The number of piperidine rings is 1. The third-order valence-corrected chi connectivity index (χ3v) is 7.08. The Morgan fingerprint density at radius 2 is 1.85 bits per heavy atom. The van der Waals surface area contributed by atoms with Crippen LogP contribution in [0, 0.1) is 12.7 Å². The van der Waals surface area contributed by atoms with Crippen molar-refractivity contribution in [2.45, 2.75) is 30.7 Å². The first kappa shape index (κ1) is 20.0. The van der Waals surface area contributed by atoms with Crippen LogP contribution < -0.4 is 4.72 Å². The van der Waals surface area contributed by atoms with E-state index in [4.69, 9.17) is 0 Å². The van der Waals surface area contributed by atoms with Crippen LogP contribution in [0.5, 0.6) is 0 Å². The quantitative estimate of drug-likeness (QED) is 0.768. The number of hydrogen-bond acceptors (Lipinski definition) is 3. The van der Waals surface area contributed by atoms with Crippen molar-refractivity contribution in [3.8, 4) is 0 Å². The summed E-state index contributed by atoms with van der Waals surface area (Å²) in [5, 5.41) is 0. The third kappa shape index (κ3) is 4.56. The zero-order valence-corrected chi connectivity index (χ0v) is 17.2. The van der Waals surface area contributed by atoms with E-state index < -0.39 is 15.8 Å². The lowest BCUT2D eigenvalue weighted by Crippen LogP contribution is -2.46. The highest BCUT2D eigenvalue weighted by Gasteiger charge is 2.28. The van der Waals surface area contributed by atoms with E-state index in [1.54, 1.807) is 29.2 Å². The molecule has 1 N–H and O–H groups in total. The van der Waals surface area contributed by atoms with Crippen LogP contribution in [0.25, 0.3) is 0 Å². The highest BCUT2D eigenvalue weighted by molar-refractivity contribution is 9.10. The van der Waals surface area contributed by atoms with Gasteiger partial charge in [-0.2, -0.15) is 0 Å². The summed E-state index contributed by atoms with van der Waals surface area (Å²) in [6.45, 7) is 2.63. The summed E-state index contributed by atoms with van der Waals surface area (Å²) in [5.74, 6) is -0.912. The van der Waals surface area contributed by atoms with E-state index in [1.807, 2.05) is 6.92 Å². The number of nitrogens with one attached hydrogen (secondary N) is 1. The topological polar surface area (TPSA) is 66.5 Å². The average molecular weight is 455 g/mol. The van der Waals surface area contributed by atoms with Crippen molar-refractivity contribution < 1.29 is 17.6 Å². The molecule has 1 aliphatic heterocycles. The predicted octanol–water partition coefficient (Wildman–Crippen LogP) is 3.48. The van der Waals surface area contributed by atoms with E-state index in [0.717, 1.165) is 5.56 Å². The first-order chi connectivity index (χ1) is 12.8. The summed E-state index contributed by atoms with van der Waals surface area (Å²) >= 11 is 3.30. The number of carbonyl (C=O) groups is 1. The van der Waals surface area contributed by atoms with Crippen molar-refractivity contribution in [1.82, 2.24) is 9.62 Å². The fourth-order valence-corrected chi connectivity index (χ4v) is 5.61. The summed E-state index contributed by atoms with van der Waals surface area (Å²) in [5.41, 5.74) is 1.00. The molecule has 2 aromatic rings. The fourth-order valence-electron chi connectivity index (χ4n) is 3.11. The smallest absolute Gasteiger partial charge is 0.256 e. The molecule has 3 rings (SSSR count). The second kappa shape index (κ2) is 8.08. The lowest BCUT2D eigenvalue weighted by atomic mass is 10.0. The number of benzene rings is 2. The number of aryl methyl sites for hydroxylation is 1. The Balaban J connectivity index is 1.64. The molecule has 0 saturated carbocycles. The van der Waals surface area contributed by atoms with Gasteiger partial charge in [0.05, 0.1) is 10.5 Å². The summed E-state index contributed by atoms with van der Waals surface area (Å²) in [4.78, 5) is 14.2. The van der Waals surface area contributed by atoms with Crippen LogP contribution in [-0.4, -0.2) is 38.4 Å². The molecular weight excluding hydrogens is 435 g/mol. The average Bonchev–Trinajstić information content (AvgIpc) is 2.61. The Hall–Kier alpha value is -1.77. The lowest BCUT2D eigenvalue weighted by Gasteiger charge is -2.32. The molecule has 0 unspecified atom stereocenters. The Morgan fingerprint density at radius 1 is 1.19 bits per heavy atom. The molecule has 0 atom stereocenters. The molecule has 5 nitrogen and oxygen atoms in total. The second-order valence-electron chi connectivity index (χ2n) is 6.60. The Bertz CT molecular complexity index is 957. The van der Waals surface area contributed by atoms with Gasteiger partial charge in [0.1, 0.15) is 5.82 Å². The minimum absolute atomic E-state index is 0.0418. The summed E-state index contributed by atoms with van der Waals surface area (Å²) in [6, 6.07) is 10.7. The van der Waals surface area contributed by atoms with Gasteiger partial charge in [0, 0.05) is 23.6 Å². The van der Waals surface area contributed by atoms with Crippen molar-refractivity contribution in [3.05, 3.63) is 63.9 Å². The van der Waals surface area contributed by atoms with E-state index in [9.17, 15) is 17.6 Å². The van der Waals surface area contributed by atoms with Gasteiger partial charge in [-0.05, 0) is 65.5 Å². The summed E-state index contributed by atoms with van der Waals surface area (Å²) < 4.78 is 42.3. The maximum absolute atomic E-state index is 13.8. The third-order valence-electron chi connectivity index (χ3n) is 4.59. The number of sulfonamides is 1. The van der Waals surface area contributed by atoms with Gasteiger partial charge in [0.2, 0.25) is 10.0 Å². The molecule has 2 aromatic carbocycles.